The van der Waals surface area contributed by atoms with Gasteiger partial charge < -0.3 is 49.8 Å². The van der Waals surface area contributed by atoms with E-state index in [1.165, 1.54) is 6.07 Å². The smallest absolute Gasteiger partial charge is 0.220 e. The van der Waals surface area contributed by atoms with E-state index in [2.05, 4.69) is 33.2 Å². The molecule has 7 aliphatic rings. The summed E-state index contributed by atoms with van der Waals surface area (Å²) in [5, 5.41) is 58.1. The second-order valence-corrected chi connectivity index (χ2v) is 16.5. The summed E-state index contributed by atoms with van der Waals surface area (Å²) in [6.07, 6.45) is 10.4. The molecular weight excluding hydrogens is 762 g/mol. The number of fused-ring (bicyclic) bond motifs is 4. The molecule has 1 fully saturated rings. The van der Waals surface area contributed by atoms with Crippen molar-refractivity contribution in [3.63, 3.8) is 0 Å². The van der Waals surface area contributed by atoms with Gasteiger partial charge >= 0.3 is 0 Å². The van der Waals surface area contributed by atoms with Crippen LogP contribution in [0.5, 0.6) is 5.75 Å². The summed E-state index contributed by atoms with van der Waals surface area (Å²) in [7, 11) is 0. The average Bonchev–Trinajstić information content (AvgIpc) is 4.07. The number of allylic oxidation sites excluding steroid dienone is 3. The number of anilines is 1. The van der Waals surface area contributed by atoms with E-state index in [0.717, 1.165) is 17.0 Å². The predicted molar refractivity (Wildman–Crippen MR) is 216 cm³/mol. The van der Waals surface area contributed by atoms with Crippen LogP contribution in [0, 0.1) is 18.8 Å². The van der Waals surface area contributed by atoms with Gasteiger partial charge in [0.2, 0.25) is 5.91 Å². The molecule has 1 saturated heterocycles. The van der Waals surface area contributed by atoms with Crippen LogP contribution in [-0.2, 0) is 21.0 Å². The maximum Gasteiger partial charge on any atom is 0.220 e. The van der Waals surface area contributed by atoms with Crippen LogP contribution in [0.25, 0.3) is 11.0 Å². The van der Waals surface area contributed by atoms with Crippen molar-refractivity contribution in [3.8, 4) is 5.75 Å². The van der Waals surface area contributed by atoms with Gasteiger partial charge in [0.1, 0.15) is 53.7 Å². The van der Waals surface area contributed by atoms with Crippen LogP contribution in [0.3, 0.4) is 0 Å². The molecule has 0 bridgehead atoms. The largest absolute Gasteiger partial charge is 0.481 e. The van der Waals surface area contributed by atoms with Gasteiger partial charge in [-0.25, -0.2) is 9.78 Å². The lowest BCUT2D eigenvalue weighted by atomic mass is 9.71. The Labute approximate surface area is 339 Å². The third-order valence-electron chi connectivity index (χ3n) is 12.9. The van der Waals surface area contributed by atoms with Crippen LogP contribution in [0.15, 0.2) is 91.6 Å². The molecule has 6 N–H and O–H groups in total. The Bertz CT molecular complexity index is 2330. The molecule has 7 heterocycles. The summed E-state index contributed by atoms with van der Waals surface area (Å²) in [4.78, 5) is 50.8. The van der Waals surface area contributed by atoms with Crippen molar-refractivity contribution in [3.05, 3.63) is 93.9 Å². The topological polar surface area (TPSA) is 219 Å². The second kappa shape index (κ2) is 15.3. The van der Waals surface area contributed by atoms with E-state index in [1.54, 1.807) is 48.6 Å². The highest BCUT2D eigenvalue weighted by Gasteiger charge is 2.53. The van der Waals surface area contributed by atoms with Gasteiger partial charge in [0.25, 0.3) is 0 Å². The minimum atomic E-state index is -2.41. The first kappa shape index (κ1) is 39.5. The van der Waals surface area contributed by atoms with Gasteiger partial charge in [-0.2, -0.15) is 0 Å². The monoisotopic (exact) mass is 811 g/mol. The van der Waals surface area contributed by atoms with E-state index in [0.29, 0.717) is 78.2 Å². The molecule has 0 saturated carbocycles. The number of carbonyl (C=O) groups excluding carboxylic acids is 1. The molecule has 1 aliphatic carbocycles. The minimum absolute atomic E-state index is 0.00889. The zero-order chi connectivity index (χ0) is 41.2. The average molecular weight is 812 g/mol. The van der Waals surface area contributed by atoms with E-state index in [1.807, 2.05) is 12.2 Å². The van der Waals surface area contributed by atoms with Crippen LogP contribution in [0.1, 0.15) is 43.9 Å². The van der Waals surface area contributed by atoms with Crippen molar-refractivity contribution in [2.45, 2.75) is 87.6 Å². The molecule has 16 nitrogen and oxygen atoms in total. The Morgan fingerprint density at radius 1 is 1.12 bits per heavy atom. The van der Waals surface area contributed by atoms with Gasteiger partial charge in [0, 0.05) is 67.3 Å². The van der Waals surface area contributed by atoms with Crippen molar-refractivity contribution in [2.75, 3.05) is 37.7 Å². The predicted octanol–water partition coefficient (Wildman–Crippen LogP) is 1.62. The highest BCUT2D eigenvalue weighted by molar-refractivity contribution is 6.13. The van der Waals surface area contributed by atoms with E-state index < -0.39 is 48.8 Å². The number of ether oxygens (including phenoxy) is 1. The first-order valence-electron chi connectivity index (χ1n) is 20.2. The van der Waals surface area contributed by atoms with E-state index >= 15 is 0 Å². The maximum absolute atomic E-state index is 13.7. The van der Waals surface area contributed by atoms with Crippen LogP contribution in [0.2, 0.25) is 0 Å². The maximum atomic E-state index is 13.7. The van der Waals surface area contributed by atoms with Crippen molar-refractivity contribution < 1.29 is 49.3 Å². The Kier molecular flexibility index (Phi) is 10.2. The summed E-state index contributed by atoms with van der Waals surface area (Å²) in [6.45, 7) is 2.91. The molecule has 16 heteroatoms. The number of carbonyl (C=O) groups is 1. The fraction of sp³-hybridized carbons (Fsp3) is 0.488. The van der Waals surface area contributed by atoms with Gasteiger partial charge in [-0.05, 0) is 55.9 Å². The Hall–Kier alpha value is -4.94. The molecule has 9 atom stereocenters. The molecule has 1 aromatic heterocycles. The van der Waals surface area contributed by atoms with Crippen molar-refractivity contribution in [2.24, 2.45) is 21.8 Å². The Morgan fingerprint density at radius 3 is 2.75 bits per heavy atom. The summed E-state index contributed by atoms with van der Waals surface area (Å²) in [6, 6.07) is 2.88. The van der Waals surface area contributed by atoms with E-state index in [-0.39, 0.29) is 42.2 Å². The first-order chi connectivity index (χ1) is 28.4. The summed E-state index contributed by atoms with van der Waals surface area (Å²) in [5.74, 6) is 0.909. The number of nitrogens with zero attached hydrogens (tertiary/aromatic N) is 4. The number of aliphatic hydroxyl groups is 5. The number of rotatable bonds is 13. The molecule has 1 spiro atoms. The summed E-state index contributed by atoms with van der Waals surface area (Å²) < 4.78 is 13.7. The summed E-state index contributed by atoms with van der Waals surface area (Å²) in [5.41, 5.74) is 1.65. The number of benzene rings is 1. The zero-order valence-corrected chi connectivity index (χ0v) is 32.9. The molecule has 1 aromatic carbocycles. The van der Waals surface area contributed by atoms with E-state index in [4.69, 9.17) is 18.9 Å². The number of hydrogen-bond donors (Lipinski definition) is 6. The van der Waals surface area contributed by atoms with Crippen molar-refractivity contribution in [1.82, 2.24) is 10.2 Å². The fourth-order valence-corrected chi connectivity index (χ4v) is 9.72. The zero-order valence-electron chi connectivity index (χ0n) is 32.9. The number of amides is 1. The molecule has 9 rings (SSSR count). The van der Waals surface area contributed by atoms with Crippen LogP contribution >= 0.6 is 0 Å². The molecule has 6 aliphatic heterocycles. The standard InChI is InChI=1S/C43H49N5O11/c1-3-31-27-6-10-45-30(27)19-48(31)38-39-25(14-28-33(50)13-23(2)57-40(28)38)15-36(42(58-39)9-4-5-24(17-42)26-16-37(53)46-18-26)59-56-21-35(52)43(55,41(54)34(51)20-49)22-47-12-8-29-32(47)7-11-44-29/h4-8,10-14,24,26,32,34-36,41,49,51-52,54-55H,3,9,15-22H2,1-2H3,(H,46,53). The number of aliphatic imine (C=N–C) groups is 2. The molecule has 312 valence electrons. The van der Waals surface area contributed by atoms with Crippen LogP contribution in [0.4, 0.5) is 5.69 Å². The van der Waals surface area contributed by atoms with Gasteiger partial charge in [-0.3, -0.25) is 19.6 Å². The third kappa shape index (κ3) is 6.76. The number of aryl methyl sites for hydroxylation is 1. The van der Waals surface area contributed by atoms with Crippen molar-refractivity contribution >= 4 is 34.0 Å². The lowest BCUT2D eigenvalue weighted by Gasteiger charge is -2.48. The molecule has 9 unspecified atom stereocenters. The Balaban J connectivity index is 1.07. The molecule has 59 heavy (non-hydrogen) atoms. The third-order valence-corrected chi connectivity index (χ3v) is 12.9. The lowest BCUT2D eigenvalue weighted by Crippen LogP contribution is -2.64. The molecule has 2 aromatic rings. The van der Waals surface area contributed by atoms with E-state index in [9.17, 15) is 35.1 Å². The van der Waals surface area contributed by atoms with Gasteiger partial charge in [-0.15, -0.1) is 0 Å². The normalized spacial score (nSPS) is 29.1. The van der Waals surface area contributed by atoms with Gasteiger partial charge in [-0.1, -0.05) is 19.1 Å². The first-order valence-corrected chi connectivity index (χ1v) is 20.2. The minimum Gasteiger partial charge on any atom is -0.481 e. The van der Waals surface area contributed by atoms with Crippen LogP contribution in [-0.4, -0.2) is 122 Å². The van der Waals surface area contributed by atoms with Gasteiger partial charge in [0.15, 0.2) is 16.8 Å². The lowest BCUT2D eigenvalue weighted by molar-refractivity contribution is -0.367. The molecular formula is C43H49N5O11. The summed E-state index contributed by atoms with van der Waals surface area (Å²) >= 11 is 0. The number of nitrogens with one attached hydrogen (secondary N) is 1. The number of β-amino-alcohol motifs (C(OH)–C–C–N with tert-alkyl or cyclic N) is 1. The molecule has 0 radical (unpaired) electrons. The van der Waals surface area contributed by atoms with Crippen molar-refractivity contribution in [1.29, 1.82) is 0 Å². The second-order valence-electron chi connectivity index (χ2n) is 16.5. The molecule has 1 amide bonds. The SMILES string of the molecule is CCC1=C2C=CN=C2CN1c1c2c(cc3c(=O)cc(C)oc13)CC(OOCC(O)C(O)(CN1C=CC3=NC=CC31)C(O)C(O)CO)C1(CC=CC(C3CNC(=O)C3)C1)O2. The van der Waals surface area contributed by atoms with Crippen LogP contribution < -0.4 is 20.4 Å². The Morgan fingerprint density at radius 2 is 1.97 bits per heavy atom. The fourth-order valence-electron chi connectivity index (χ4n) is 9.72. The van der Waals surface area contributed by atoms with Gasteiger partial charge in [0.05, 0.1) is 42.5 Å². The number of hydrogen-bond acceptors (Lipinski definition) is 15. The highest BCUT2D eigenvalue weighted by Crippen LogP contribution is 2.52. The number of aliphatic hydroxyl groups excluding tert-OH is 4. The highest BCUT2D eigenvalue weighted by atomic mass is 17.2. The quantitative estimate of drug-likeness (QED) is 0.0964.